The van der Waals surface area contributed by atoms with Crippen molar-refractivity contribution in [3.8, 4) is 5.82 Å². The number of nitrogen functional groups attached to an aromatic ring is 1. The van der Waals surface area contributed by atoms with Crippen molar-refractivity contribution < 1.29 is 0 Å². The lowest BCUT2D eigenvalue weighted by Crippen LogP contribution is -2.04. The van der Waals surface area contributed by atoms with Crippen LogP contribution in [0.2, 0.25) is 0 Å². The van der Waals surface area contributed by atoms with Crippen LogP contribution in [0, 0.1) is 6.92 Å². The van der Waals surface area contributed by atoms with E-state index in [1.807, 2.05) is 25.1 Å². The Balaban J connectivity index is 2.48. The van der Waals surface area contributed by atoms with Crippen molar-refractivity contribution in [3.05, 3.63) is 35.7 Å². The quantitative estimate of drug-likeness (QED) is 0.837. The molecule has 0 spiro atoms. The van der Waals surface area contributed by atoms with E-state index in [4.69, 9.17) is 5.73 Å². The van der Waals surface area contributed by atoms with Crippen LogP contribution in [0.5, 0.6) is 0 Å². The van der Waals surface area contributed by atoms with Crippen LogP contribution >= 0.6 is 0 Å². The van der Waals surface area contributed by atoms with Crippen molar-refractivity contribution >= 4 is 5.82 Å². The van der Waals surface area contributed by atoms with Crippen molar-refractivity contribution in [2.45, 2.75) is 26.7 Å². The smallest absolute Gasteiger partial charge is 0.155 e. The van der Waals surface area contributed by atoms with Gasteiger partial charge in [0.25, 0.3) is 0 Å². The molecule has 0 aliphatic carbocycles. The van der Waals surface area contributed by atoms with Gasteiger partial charge in [-0.05, 0) is 30.5 Å². The number of anilines is 1. The molecule has 84 valence electrons. The third kappa shape index (κ3) is 1.91. The molecule has 4 nitrogen and oxygen atoms in total. The van der Waals surface area contributed by atoms with Gasteiger partial charge in [-0.3, -0.25) is 0 Å². The first-order valence-electron chi connectivity index (χ1n) is 5.36. The van der Waals surface area contributed by atoms with Crippen LogP contribution in [-0.2, 0) is 0 Å². The maximum atomic E-state index is 5.92. The number of aryl methyl sites for hydroxylation is 1. The maximum absolute atomic E-state index is 5.92. The Labute approximate surface area is 95.1 Å². The Hall–Kier alpha value is -1.84. The van der Waals surface area contributed by atoms with Crippen LogP contribution in [0.1, 0.15) is 31.0 Å². The van der Waals surface area contributed by atoms with E-state index in [0.29, 0.717) is 11.7 Å². The zero-order valence-corrected chi connectivity index (χ0v) is 9.81. The topological polar surface area (TPSA) is 56.7 Å². The molecule has 0 fully saturated rings. The fourth-order valence-electron chi connectivity index (χ4n) is 1.52. The number of pyridine rings is 1. The predicted molar refractivity (Wildman–Crippen MR) is 64.6 cm³/mol. The van der Waals surface area contributed by atoms with Gasteiger partial charge in [-0.2, -0.15) is 9.78 Å². The summed E-state index contributed by atoms with van der Waals surface area (Å²) in [6.45, 7) is 6.21. The minimum absolute atomic E-state index is 0.369. The summed E-state index contributed by atoms with van der Waals surface area (Å²) in [5, 5.41) is 4.45. The molecule has 0 saturated heterocycles. The van der Waals surface area contributed by atoms with E-state index in [1.165, 1.54) is 0 Å². The normalized spacial score (nSPS) is 11.0. The van der Waals surface area contributed by atoms with Crippen LogP contribution < -0.4 is 5.73 Å². The summed E-state index contributed by atoms with van der Waals surface area (Å²) in [4.78, 5) is 4.26. The molecule has 2 N–H and O–H groups in total. The molecular weight excluding hydrogens is 200 g/mol. The molecule has 0 unspecified atom stereocenters. The van der Waals surface area contributed by atoms with E-state index in [2.05, 4.69) is 23.9 Å². The Morgan fingerprint density at radius 1 is 1.31 bits per heavy atom. The molecule has 2 aromatic rings. The monoisotopic (exact) mass is 216 g/mol. The number of rotatable bonds is 2. The van der Waals surface area contributed by atoms with Gasteiger partial charge in [-0.15, -0.1) is 0 Å². The summed E-state index contributed by atoms with van der Waals surface area (Å²) in [6, 6.07) is 5.81. The number of hydrogen-bond donors (Lipinski definition) is 1. The van der Waals surface area contributed by atoms with Crippen molar-refractivity contribution in [2.75, 3.05) is 5.73 Å². The molecule has 4 heteroatoms. The highest BCUT2D eigenvalue weighted by atomic mass is 15.3. The maximum Gasteiger partial charge on any atom is 0.155 e. The molecule has 2 rings (SSSR count). The molecule has 0 radical (unpaired) electrons. The first-order valence-corrected chi connectivity index (χ1v) is 5.36. The van der Waals surface area contributed by atoms with Gasteiger partial charge in [0.1, 0.15) is 5.82 Å². The largest absolute Gasteiger partial charge is 0.384 e. The second-order valence-electron chi connectivity index (χ2n) is 4.25. The third-order valence-corrected chi connectivity index (χ3v) is 2.47. The lowest BCUT2D eigenvalue weighted by atomic mass is 10.1. The Morgan fingerprint density at radius 2 is 2.06 bits per heavy atom. The third-order valence-electron chi connectivity index (χ3n) is 2.47. The zero-order chi connectivity index (χ0) is 11.7. The summed E-state index contributed by atoms with van der Waals surface area (Å²) in [5.74, 6) is 1.76. The highest BCUT2D eigenvalue weighted by Gasteiger charge is 2.10. The molecule has 0 aromatic carbocycles. The van der Waals surface area contributed by atoms with Crippen molar-refractivity contribution in [3.63, 3.8) is 0 Å². The highest BCUT2D eigenvalue weighted by molar-refractivity contribution is 5.40. The number of nitrogens with two attached hydrogens (primary N) is 1. The summed E-state index contributed by atoms with van der Waals surface area (Å²) >= 11 is 0. The van der Waals surface area contributed by atoms with E-state index in [1.54, 1.807) is 10.9 Å². The predicted octanol–water partition coefficient (Wildman–Crippen LogP) is 2.28. The molecule has 2 heterocycles. The molecule has 0 aliphatic heterocycles. The fraction of sp³-hybridized carbons (Fsp3) is 0.333. The first kappa shape index (κ1) is 10.7. The minimum Gasteiger partial charge on any atom is -0.384 e. The van der Waals surface area contributed by atoms with Gasteiger partial charge in [0.15, 0.2) is 5.82 Å². The van der Waals surface area contributed by atoms with Crippen LogP contribution in [0.3, 0.4) is 0 Å². The summed E-state index contributed by atoms with van der Waals surface area (Å²) in [6.07, 6.45) is 1.76. The molecule has 0 aliphatic rings. The average molecular weight is 216 g/mol. The SMILES string of the molecule is Cc1ccnc(-n2nc(C(C)C)cc2N)c1. The molecule has 0 saturated carbocycles. The molecule has 0 bridgehead atoms. The van der Waals surface area contributed by atoms with Crippen molar-refractivity contribution in [2.24, 2.45) is 0 Å². The zero-order valence-electron chi connectivity index (χ0n) is 9.81. The summed E-state index contributed by atoms with van der Waals surface area (Å²) in [7, 11) is 0. The van der Waals surface area contributed by atoms with E-state index in [0.717, 1.165) is 17.1 Å². The lowest BCUT2D eigenvalue weighted by molar-refractivity contribution is 0.760. The van der Waals surface area contributed by atoms with Gasteiger partial charge in [-0.1, -0.05) is 13.8 Å². The van der Waals surface area contributed by atoms with E-state index >= 15 is 0 Å². The first-order chi connectivity index (χ1) is 7.58. The number of hydrogen-bond acceptors (Lipinski definition) is 3. The molecule has 16 heavy (non-hydrogen) atoms. The Bertz CT molecular complexity index is 499. The summed E-state index contributed by atoms with van der Waals surface area (Å²) in [5.41, 5.74) is 8.05. The standard InChI is InChI=1S/C12H16N4/c1-8(2)10-7-11(13)16(15-10)12-6-9(3)4-5-14-12/h4-8H,13H2,1-3H3. The summed E-state index contributed by atoms with van der Waals surface area (Å²) < 4.78 is 1.68. The second-order valence-corrected chi connectivity index (χ2v) is 4.25. The Morgan fingerprint density at radius 3 is 2.62 bits per heavy atom. The van der Waals surface area contributed by atoms with Gasteiger partial charge < -0.3 is 5.73 Å². The van der Waals surface area contributed by atoms with Gasteiger partial charge in [0.05, 0.1) is 5.69 Å². The fourth-order valence-corrected chi connectivity index (χ4v) is 1.52. The average Bonchev–Trinajstić information content (AvgIpc) is 2.60. The Kier molecular flexibility index (Phi) is 2.64. The van der Waals surface area contributed by atoms with Crippen molar-refractivity contribution in [1.82, 2.24) is 14.8 Å². The second kappa shape index (κ2) is 3.96. The van der Waals surface area contributed by atoms with Gasteiger partial charge in [-0.25, -0.2) is 4.98 Å². The lowest BCUT2D eigenvalue weighted by Gasteiger charge is -2.03. The van der Waals surface area contributed by atoms with E-state index in [9.17, 15) is 0 Å². The molecular formula is C12H16N4. The van der Waals surface area contributed by atoms with Crippen LogP contribution in [-0.4, -0.2) is 14.8 Å². The van der Waals surface area contributed by atoms with Crippen LogP contribution in [0.25, 0.3) is 5.82 Å². The van der Waals surface area contributed by atoms with E-state index < -0.39 is 0 Å². The van der Waals surface area contributed by atoms with E-state index in [-0.39, 0.29) is 0 Å². The van der Waals surface area contributed by atoms with Gasteiger partial charge >= 0.3 is 0 Å². The minimum atomic E-state index is 0.369. The highest BCUT2D eigenvalue weighted by Crippen LogP contribution is 2.18. The van der Waals surface area contributed by atoms with Gasteiger partial charge in [0, 0.05) is 12.3 Å². The molecule has 0 atom stereocenters. The van der Waals surface area contributed by atoms with Gasteiger partial charge in [0.2, 0.25) is 0 Å². The van der Waals surface area contributed by atoms with Crippen molar-refractivity contribution in [1.29, 1.82) is 0 Å². The number of nitrogens with zero attached hydrogens (tertiary/aromatic N) is 3. The van der Waals surface area contributed by atoms with Crippen LogP contribution in [0.4, 0.5) is 5.82 Å². The van der Waals surface area contributed by atoms with Crippen LogP contribution in [0.15, 0.2) is 24.4 Å². The number of aromatic nitrogens is 3. The molecule has 0 amide bonds. The molecule has 2 aromatic heterocycles.